The van der Waals surface area contributed by atoms with Gasteiger partial charge in [-0.1, -0.05) is 36.4 Å². The van der Waals surface area contributed by atoms with E-state index in [4.69, 9.17) is 9.68 Å². The van der Waals surface area contributed by atoms with Crippen molar-refractivity contribution in [3.8, 4) is 17.4 Å². The highest BCUT2D eigenvalue weighted by molar-refractivity contribution is 8.00. The Morgan fingerprint density at radius 2 is 1.74 bits per heavy atom. The molecule has 1 unspecified atom stereocenters. The van der Waals surface area contributed by atoms with Gasteiger partial charge in [-0.05, 0) is 53.9 Å². The van der Waals surface area contributed by atoms with E-state index in [0.717, 1.165) is 16.8 Å². The zero-order valence-electron chi connectivity index (χ0n) is 16.6. The first kappa shape index (κ1) is 20.3. The first-order valence-electron chi connectivity index (χ1n) is 9.51. The fourth-order valence-electron chi connectivity index (χ4n) is 3.05. The molecule has 0 aliphatic heterocycles. The second kappa shape index (κ2) is 8.78. The van der Waals surface area contributed by atoms with E-state index in [0.29, 0.717) is 28.8 Å². The standard InChI is InChI=1S/C24H20N4O2S/c1-31(29,17-19-6-3-2-4-7-19)28-22-9-5-8-21(14-22)27-24-26-16-23(30-24)20-12-10-18(15-25)11-13-20/h2-14,16H,1,17H2,(H,26,27)(H,28,29). The van der Waals surface area contributed by atoms with Crippen LogP contribution in [0.5, 0.6) is 0 Å². The lowest BCUT2D eigenvalue weighted by atomic mass is 10.1. The van der Waals surface area contributed by atoms with Gasteiger partial charge in [0.1, 0.15) is 0 Å². The van der Waals surface area contributed by atoms with Crippen LogP contribution in [-0.2, 0) is 15.5 Å². The second-order valence-electron chi connectivity index (χ2n) is 6.97. The van der Waals surface area contributed by atoms with E-state index >= 15 is 0 Å². The number of anilines is 3. The second-order valence-corrected chi connectivity index (χ2v) is 9.08. The minimum atomic E-state index is -2.55. The van der Waals surface area contributed by atoms with E-state index in [1.165, 1.54) is 0 Å². The molecule has 0 saturated carbocycles. The van der Waals surface area contributed by atoms with Crippen molar-refractivity contribution in [1.29, 1.82) is 5.26 Å². The maximum absolute atomic E-state index is 12.9. The van der Waals surface area contributed by atoms with Gasteiger partial charge in [0.05, 0.1) is 23.6 Å². The van der Waals surface area contributed by atoms with Gasteiger partial charge in [0.2, 0.25) is 0 Å². The van der Waals surface area contributed by atoms with Crippen LogP contribution in [0.15, 0.2) is 89.5 Å². The molecule has 6 nitrogen and oxygen atoms in total. The molecule has 7 heteroatoms. The number of hydrogen-bond donors (Lipinski definition) is 2. The fourth-order valence-corrected chi connectivity index (χ4v) is 4.41. The SMILES string of the molecule is C=S(=O)(Cc1ccccc1)Nc1cccc(Nc2ncc(-c3ccc(C#N)cc3)o2)c1. The normalized spacial score (nSPS) is 12.5. The van der Waals surface area contributed by atoms with Crippen LogP contribution >= 0.6 is 0 Å². The van der Waals surface area contributed by atoms with Crippen LogP contribution in [0.3, 0.4) is 0 Å². The van der Waals surface area contributed by atoms with Gasteiger partial charge >= 0.3 is 0 Å². The predicted molar refractivity (Wildman–Crippen MR) is 125 cm³/mol. The molecule has 0 spiro atoms. The Morgan fingerprint density at radius 3 is 2.48 bits per heavy atom. The molecule has 0 fully saturated rings. The molecule has 0 radical (unpaired) electrons. The number of nitrogens with zero attached hydrogens (tertiary/aromatic N) is 2. The Morgan fingerprint density at radius 1 is 1.00 bits per heavy atom. The van der Waals surface area contributed by atoms with Gasteiger partial charge in [-0.3, -0.25) is 0 Å². The van der Waals surface area contributed by atoms with Crippen molar-refractivity contribution in [2.75, 3.05) is 10.0 Å². The molecule has 0 aliphatic rings. The van der Waals surface area contributed by atoms with Crippen LogP contribution in [-0.4, -0.2) is 15.1 Å². The molecule has 2 N–H and O–H groups in total. The summed E-state index contributed by atoms with van der Waals surface area (Å²) in [5, 5.41) is 12.0. The Balaban J connectivity index is 1.45. The molecule has 1 aromatic heterocycles. The summed E-state index contributed by atoms with van der Waals surface area (Å²) in [6.07, 6.45) is 1.62. The largest absolute Gasteiger partial charge is 0.423 e. The lowest BCUT2D eigenvalue weighted by Crippen LogP contribution is -2.14. The van der Waals surface area contributed by atoms with Gasteiger partial charge in [-0.25, -0.2) is 9.19 Å². The predicted octanol–water partition coefficient (Wildman–Crippen LogP) is 5.20. The zero-order valence-corrected chi connectivity index (χ0v) is 17.4. The van der Waals surface area contributed by atoms with Crippen LogP contribution in [0.2, 0.25) is 0 Å². The van der Waals surface area contributed by atoms with Gasteiger partial charge in [-0.2, -0.15) is 5.26 Å². The van der Waals surface area contributed by atoms with Crippen molar-refractivity contribution in [3.05, 3.63) is 96.2 Å². The summed E-state index contributed by atoms with van der Waals surface area (Å²) in [4.78, 5) is 4.26. The molecular weight excluding hydrogens is 408 g/mol. The van der Waals surface area contributed by atoms with E-state index in [1.54, 1.807) is 18.3 Å². The highest BCUT2D eigenvalue weighted by Gasteiger charge is 2.09. The van der Waals surface area contributed by atoms with Gasteiger partial charge in [0, 0.05) is 26.6 Å². The van der Waals surface area contributed by atoms with Gasteiger partial charge in [-0.15, -0.1) is 0 Å². The average molecular weight is 429 g/mol. The lowest BCUT2D eigenvalue weighted by Gasteiger charge is -2.13. The molecule has 0 amide bonds. The summed E-state index contributed by atoms with van der Waals surface area (Å²) in [6, 6.07) is 26.5. The van der Waals surface area contributed by atoms with Crippen molar-refractivity contribution in [2.45, 2.75) is 5.75 Å². The molecule has 154 valence electrons. The highest BCUT2D eigenvalue weighted by Crippen LogP contribution is 2.26. The molecule has 31 heavy (non-hydrogen) atoms. The number of aromatic nitrogens is 1. The van der Waals surface area contributed by atoms with E-state index < -0.39 is 9.71 Å². The number of oxazole rings is 1. The third-order valence-corrected chi connectivity index (χ3v) is 5.87. The van der Waals surface area contributed by atoms with Crippen molar-refractivity contribution in [3.63, 3.8) is 0 Å². The summed E-state index contributed by atoms with van der Waals surface area (Å²) >= 11 is 0. The molecule has 0 aliphatic carbocycles. The van der Waals surface area contributed by atoms with E-state index in [-0.39, 0.29) is 0 Å². The van der Waals surface area contributed by atoms with E-state index in [9.17, 15) is 4.21 Å². The van der Waals surface area contributed by atoms with E-state index in [1.807, 2.05) is 66.7 Å². The first-order chi connectivity index (χ1) is 15.0. The monoisotopic (exact) mass is 428 g/mol. The molecule has 4 rings (SSSR count). The Labute approximate surface area is 181 Å². The third kappa shape index (κ3) is 5.32. The molecule has 1 atom stereocenters. The van der Waals surface area contributed by atoms with Crippen LogP contribution < -0.4 is 10.0 Å². The smallest absolute Gasteiger partial charge is 0.299 e. The summed E-state index contributed by atoms with van der Waals surface area (Å²) in [5.74, 6) is 4.79. The summed E-state index contributed by atoms with van der Waals surface area (Å²) in [7, 11) is -2.55. The number of benzene rings is 3. The van der Waals surface area contributed by atoms with Crippen LogP contribution in [0.1, 0.15) is 11.1 Å². The number of nitriles is 1. The Kier molecular flexibility index (Phi) is 5.74. The zero-order chi connectivity index (χ0) is 21.7. The minimum Gasteiger partial charge on any atom is -0.423 e. The summed E-state index contributed by atoms with van der Waals surface area (Å²) in [6.45, 7) is 0. The number of hydrogen-bond acceptors (Lipinski definition) is 5. The topological polar surface area (TPSA) is 91.0 Å². The Hall–Kier alpha value is -4.02. The fraction of sp³-hybridized carbons (Fsp3) is 0.0417. The highest BCUT2D eigenvalue weighted by atomic mass is 32.2. The summed E-state index contributed by atoms with van der Waals surface area (Å²) in [5.41, 5.74) is 3.78. The molecule has 0 saturated heterocycles. The van der Waals surface area contributed by atoms with Crippen molar-refractivity contribution >= 4 is 33.0 Å². The van der Waals surface area contributed by atoms with Crippen molar-refractivity contribution < 1.29 is 8.63 Å². The summed E-state index contributed by atoms with van der Waals surface area (Å²) < 4.78 is 21.7. The minimum absolute atomic E-state index is 0.330. The Bertz CT molecular complexity index is 1320. The van der Waals surface area contributed by atoms with E-state index in [2.05, 4.69) is 27.0 Å². The van der Waals surface area contributed by atoms with Crippen LogP contribution in [0, 0.1) is 11.3 Å². The maximum atomic E-state index is 12.9. The number of rotatable bonds is 7. The molecule has 4 aromatic rings. The third-order valence-electron chi connectivity index (χ3n) is 4.46. The van der Waals surface area contributed by atoms with Crippen molar-refractivity contribution in [1.82, 2.24) is 4.98 Å². The average Bonchev–Trinajstić information content (AvgIpc) is 3.22. The molecule has 0 bridgehead atoms. The van der Waals surface area contributed by atoms with Crippen LogP contribution in [0.4, 0.5) is 17.4 Å². The van der Waals surface area contributed by atoms with Crippen LogP contribution in [0.25, 0.3) is 11.3 Å². The van der Waals surface area contributed by atoms with Crippen molar-refractivity contribution in [2.24, 2.45) is 0 Å². The maximum Gasteiger partial charge on any atom is 0.299 e. The molecular formula is C24H20N4O2S. The molecule has 1 heterocycles. The molecule has 3 aromatic carbocycles. The van der Waals surface area contributed by atoms with Gasteiger partial charge in [0.25, 0.3) is 6.01 Å². The van der Waals surface area contributed by atoms with Gasteiger partial charge < -0.3 is 14.5 Å². The number of nitrogens with one attached hydrogen (secondary N) is 2. The van der Waals surface area contributed by atoms with Gasteiger partial charge in [0.15, 0.2) is 5.76 Å². The quantitative estimate of drug-likeness (QED) is 0.395. The first-order valence-corrected chi connectivity index (χ1v) is 11.4. The lowest BCUT2D eigenvalue weighted by molar-refractivity contribution is 0.592.